The summed E-state index contributed by atoms with van der Waals surface area (Å²) < 4.78 is 10.3. The van der Waals surface area contributed by atoms with E-state index in [2.05, 4.69) is 10.6 Å². The molecule has 0 unspecified atom stereocenters. The molecule has 2 aromatic rings. The van der Waals surface area contributed by atoms with E-state index in [9.17, 15) is 4.79 Å². The molecule has 120 valence electrons. The molecule has 0 atom stereocenters. The molecule has 0 aliphatic rings. The molecular formula is C17H17ClN2O3. The molecule has 0 heterocycles. The second-order valence-electron chi connectivity index (χ2n) is 4.56. The molecule has 0 spiro atoms. The molecule has 23 heavy (non-hydrogen) atoms. The largest absolute Gasteiger partial charge is 0.493 e. The first-order chi connectivity index (χ1) is 11.1. The molecule has 2 rings (SSSR count). The van der Waals surface area contributed by atoms with Crippen molar-refractivity contribution in [1.82, 2.24) is 5.32 Å². The van der Waals surface area contributed by atoms with Gasteiger partial charge >= 0.3 is 6.03 Å². The highest BCUT2D eigenvalue weighted by atomic mass is 35.5. The summed E-state index contributed by atoms with van der Waals surface area (Å²) in [6.45, 7) is 0. The van der Waals surface area contributed by atoms with E-state index >= 15 is 0 Å². The van der Waals surface area contributed by atoms with Crippen molar-refractivity contribution in [1.29, 1.82) is 0 Å². The van der Waals surface area contributed by atoms with Crippen LogP contribution in [0, 0.1) is 0 Å². The molecule has 0 aliphatic carbocycles. The summed E-state index contributed by atoms with van der Waals surface area (Å²) in [5, 5.41) is 5.96. The quantitative estimate of drug-likeness (QED) is 0.864. The Kier molecular flexibility index (Phi) is 5.88. The molecule has 5 nitrogen and oxygen atoms in total. The second kappa shape index (κ2) is 8.10. The number of carbonyl (C=O) groups is 1. The fraction of sp³-hybridized carbons (Fsp3) is 0.118. The van der Waals surface area contributed by atoms with Gasteiger partial charge in [-0.05, 0) is 35.9 Å². The minimum absolute atomic E-state index is 0.365. The molecule has 6 heteroatoms. The Bertz CT molecular complexity index is 717. The Balaban J connectivity index is 1.94. The fourth-order valence-corrected chi connectivity index (χ4v) is 2.10. The number of benzene rings is 2. The zero-order valence-corrected chi connectivity index (χ0v) is 13.6. The highest BCUT2D eigenvalue weighted by molar-refractivity contribution is 6.30. The van der Waals surface area contributed by atoms with Gasteiger partial charge in [0.25, 0.3) is 0 Å². The summed E-state index contributed by atoms with van der Waals surface area (Å²) in [5.74, 6) is 1.14. The van der Waals surface area contributed by atoms with Gasteiger partial charge in [0.2, 0.25) is 0 Å². The van der Waals surface area contributed by atoms with Crippen LogP contribution in [-0.2, 0) is 0 Å². The van der Waals surface area contributed by atoms with Crippen LogP contribution in [-0.4, -0.2) is 20.3 Å². The maximum Gasteiger partial charge on any atom is 0.323 e. The van der Waals surface area contributed by atoms with Gasteiger partial charge in [-0.3, -0.25) is 0 Å². The molecular weight excluding hydrogens is 316 g/mol. The molecule has 0 fully saturated rings. The van der Waals surface area contributed by atoms with Gasteiger partial charge < -0.3 is 20.1 Å². The van der Waals surface area contributed by atoms with E-state index in [1.807, 2.05) is 12.1 Å². The summed E-state index contributed by atoms with van der Waals surface area (Å²) >= 11 is 5.89. The van der Waals surface area contributed by atoms with Crippen molar-refractivity contribution in [2.45, 2.75) is 0 Å². The molecule has 2 aromatic carbocycles. The highest BCUT2D eigenvalue weighted by Crippen LogP contribution is 2.29. The minimum Gasteiger partial charge on any atom is -0.493 e. The third kappa shape index (κ3) is 4.93. The standard InChI is InChI=1S/C17H17ClN2O3/c1-22-15-7-6-14(11-16(15)23-2)20-17(21)19-9-8-12-4-3-5-13(18)10-12/h3-11H,1-2H3,(H2,19,20,21)/b9-8+. The first-order valence-electron chi connectivity index (χ1n) is 6.84. The van der Waals surface area contributed by atoms with Crippen LogP contribution in [0.4, 0.5) is 10.5 Å². The lowest BCUT2D eigenvalue weighted by Crippen LogP contribution is -2.23. The van der Waals surface area contributed by atoms with Crippen molar-refractivity contribution < 1.29 is 14.3 Å². The highest BCUT2D eigenvalue weighted by Gasteiger charge is 2.06. The first kappa shape index (κ1) is 16.7. The number of urea groups is 1. The van der Waals surface area contributed by atoms with Crippen molar-refractivity contribution in [3.8, 4) is 11.5 Å². The van der Waals surface area contributed by atoms with E-state index in [4.69, 9.17) is 21.1 Å². The molecule has 0 saturated heterocycles. The predicted molar refractivity (Wildman–Crippen MR) is 92.2 cm³/mol. The number of carbonyl (C=O) groups excluding carboxylic acids is 1. The lowest BCUT2D eigenvalue weighted by molar-refractivity contribution is 0.255. The van der Waals surface area contributed by atoms with Gasteiger partial charge in [0, 0.05) is 23.0 Å². The zero-order chi connectivity index (χ0) is 16.7. The SMILES string of the molecule is COc1ccc(NC(=O)N/C=C/c2cccc(Cl)c2)cc1OC. The number of methoxy groups -OCH3 is 2. The lowest BCUT2D eigenvalue weighted by Gasteiger charge is -2.10. The van der Waals surface area contributed by atoms with Crippen LogP contribution in [0.2, 0.25) is 5.02 Å². The number of halogens is 1. The smallest absolute Gasteiger partial charge is 0.323 e. The van der Waals surface area contributed by atoms with Gasteiger partial charge in [0.05, 0.1) is 14.2 Å². The van der Waals surface area contributed by atoms with Gasteiger partial charge in [0.15, 0.2) is 11.5 Å². The van der Waals surface area contributed by atoms with E-state index in [1.165, 1.54) is 7.11 Å². The van der Waals surface area contributed by atoms with Gasteiger partial charge in [-0.1, -0.05) is 23.7 Å². The predicted octanol–water partition coefficient (Wildman–Crippen LogP) is 4.15. The third-order valence-electron chi connectivity index (χ3n) is 2.98. The number of amides is 2. The Morgan fingerprint density at radius 1 is 1.09 bits per heavy atom. The van der Waals surface area contributed by atoms with E-state index in [0.29, 0.717) is 22.2 Å². The Morgan fingerprint density at radius 2 is 1.87 bits per heavy atom. The van der Waals surface area contributed by atoms with E-state index in [0.717, 1.165) is 5.56 Å². The summed E-state index contributed by atoms with van der Waals surface area (Å²) in [5.41, 5.74) is 1.49. The molecule has 0 saturated carbocycles. The number of rotatable bonds is 5. The average molecular weight is 333 g/mol. The van der Waals surface area contributed by atoms with Gasteiger partial charge in [-0.25, -0.2) is 4.79 Å². The van der Waals surface area contributed by atoms with Gasteiger partial charge in [-0.15, -0.1) is 0 Å². The van der Waals surface area contributed by atoms with Crippen molar-refractivity contribution in [2.75, 3.05) is 19.5 Å². The maximum atomic E-state index is 11.9. The van der Waals surface area contributed by atoms with Crippen molar-refractivity contribution in [3.05, 3.63) is 59.3 Å². The molecule has 2 N–H and O–H groups in total. The van der Waals surface area contributed by atoms with Gasteiger partial charge in [0.1, 0.15) is 0 Å². The van der Waals surface area contributed by atoms with Crippen molar-refractivity contribution in [2.24, 2.45) is 0 Å². The number of nitrogens with one attached hydrogen (secondary N) is 2. The molecule has 0 aliphatic heterocycles. The zero-order valence-electron chi connectivity index (χ0n) is 12.8. The number of hydrogen-bond acceptors (Lipinski definition) is 3. The number of ether oxygens (including phenoxy) is 2. The monoisotopic (exact) mass is 332 g/mol. The molecule has 2 amide bonds. The fourth-order valence-electron chi connectivity index (χ4n) is 1.90. The Hall–Kier alpha value is -2.66. The van der Waals surface area contributed by atoms with Crippen LogP contribution < -0.4 is 20.1 Å². The third-order valence-corrected chi connectivity index (χ3v) is 3.22. The average Bonchev–Trinajstić information content (AvgIpc) is 2.54. The summed E-state index contributed by atoms with van der Waals surface area (Å²) in [7, 11) is 3.09. The topological polar surface area (TPSA) is 59.6 Å². The van der Waals surface area contributed by atoms with Crippen LogP contribution in [0.25, 0.3) is 6.08 Å². The first-order valence-corrected chi connectivity index (χ1v) is 7.22. The number of hydrogen-bond donors (Lipinski definition) is 2. The normalized spacial score (nSPS) is 10.4. The second-order valence-corrected chi connectivity index (χ2v) is 4.99. The number of anilines is 1. The molecule has 0 radical (unpaired) electrons. The summed E-state index contributed by atoms with van der Waals surface area (Å²) in [6.07, 6.45) is 3.29. The molecule has 0 bridgehead atoms. The van der Waals surface area contributed by atoms with Crippen LogP contribution in [0.15, 0.2) is 48.7 Å². The summed E-state index contributed by atoms with van der Waals surface area (Å²) in [6, 6.07) is 12.1. The van der Waals surface area contributed by atoms with E-state index < -0.39 is 0 Å². The van der Waals surface area contributed by atoms with Gasteiger partial charge in [-0.2, -0.15) is 0 Å². The summed E-state index contributed by atoms with van der Waals surface area (Å²) in [4.78, 5) is 11.9. The van der Waals surface area contributed by atoms with Crippen LogP contribution in [0.3, 0.4) is 0 Å². The Labute approximate surface area is 139 Å². The maximum absolute atomic E-state index is 11.9. The molecule has 0 aromatic heterocycles. The minimum atomic E-state index is -0.365. The van der Waals surface area contributed by atoms with Crippen LogP contribution >= 0.6 is 11.6 Å². The van der Waals surface area contributed by atoms with Crippen LogP contribution in [0.5, 0.6) is 11.5 Å². The Morgan fingerprint density at radius 3 is 2.57 bits per heavy atom. The van der Waals surface area contributed by atoms with E-state index in [1.54, 1.807) is 49.7 Å². The van der Waals surface area contributed by atoms with Crippen molar-refractivity contribution >= 4 is 29.4 Å². The van der Waals surface area contributed by atoms with Crippen LogP contribution in [0.1, 0.15) is 5.56 Å². The lowest BCUT2D eigenvalue weighted by atomic mass is 10.2. The van der Waals surface area contributed by atoms with E-state index in [-0.39, 0.29) is 6.03 Å². The van der Waals surface area contributed by atoms with Crippen molar-refractivity contribution in [3.63, 3.8) is 0 Å².